The first-order valence-electron chi connectivity index (χ1n) is 7.65. The Labute approximate surface area is 172 Å². The third-order valence-electron chi connectivity index (χ3n) is 3.10. The number of hydrazone groups is 1. The third kappa shape index (κ3) is 6.69. The molecule has 0 aliphatic heterocycles. The zero-order valence-corrected chi connectivity index (χ0v) is 17.7. The Bertz CT molecular complexity index is 871. The van der Waals surface area contributed by atoms with Gasteiger partial charge in [0.1, 0.15) is 5.75 Å². The topological polar surface area (TPSA) is 86.2 Å². The molecule has 0 aliphatic carbocycles. The second-order valence-electron chi connectivity index (χ2n) is 5.16. The summed E-state index contributed by atoms with van der Waals surface area (Å²) in [7, 11) is 1.46. The molecule has 0 saturated heterocycles. The quantitative estimate of drug-likeness (QED) is 0.272. The zero-order chi connectivity index (χ0) is 19.8. The van der Waals surface area contributed by atoms with Crippen LogP contribution < -0.4 is 19.6 Å². The van der Waals surface area contributed by atoms with Gasteiger partial charge in [0.15, 0.2) is 18.1 Å². The van der Waals surface area contributed by atoms with Crippen molar-refractivity contribution < 1.29 is 23.8 Å². The number of nitrogens with one attached hydrogen (secondary N) is 1. The molecule has 0 aromatic heterocycles. The number of rotatable bonds is 7. The van der Waals surface area contributed by atoms with E-state index < -0.39 is 11.9 Å². The number of benzene rings is 2. The van der Waals surface area contributed by atoms with Crippen LogP contribution in [0.4, 0.5) is 0 Å². The summed E-state index contributed by atoms with van der Waals surface area (Å²) < 4.78 is 17.2. The van der Waals surface area contributed by atoms with Crippen molar-refractivity contribution in [3.05, 3.63) is 50.9 Å². The molecule has 7 nitrogen and oxygen atoms in total. The molecular formula is C18H16Br2N2O5. The molecule has 1 amide bonds. The summed E-state index contributed by atoms with van der Waals surface area (Å²) in [5.41, 5.74) is 3.02. The zero-order valence-electron chi connectivity index (χ0n) is 14.5. The van der Waals surface area contributed by atoms with E-state index in [1.165, 1.54) is 20.2 Å². The Morgan fingerprint density at radius 3 is 2.52 bits per heavy atom. The van der Waals surface area contributed by atoms with E-state index in [2.05, 4.69) is 42.4 Å². The molecule has 0 heterocycles. The van der Waals surface area contributed by atoms with Gasteiger partial charge in [0.05, 0.1) is 17.8 Å². The van der Waals surface area contributed by atoms with Gasteiger partial charge < -0.3 is 14.2 Å². The summed E-state index contributed by atoms with van der Waals surface area (Å²) in [4.78, 5) is 22.9. The number of hydrogen-bond acceptors (Lipinski definition) is 6. The maximum absolute atomic E-state index is 11.8. The molecule has 0 radical (unpaired) electrons. The van der Waals surface area contributed by atoms with E-state index in [-0.39, 0.29) is 6.61 Å². The molecule has 2 rings (SSSR count). The van der Waals surface area contributed by atoms with Crippen LogP contribution in [-0.4, -0.2) is 31.8 Å². The minimum absolute atomic E-state index is 0.188. The summed E-state index contributed by atoms with van der Waals surface area (Å²) in [6, 6.07) is 10.2. The van der Waals surface area contributed by atoms with E-state index in [9.17, 15) is 9.59 Å². The van der Waals surface area contributed by atoms with Crippen LogP contribution in [0.1, 0.15) is 12.5 Å². The van der Waals surface area contributed by atoms with Crippen molar-refractivity contribution in [1.29, 1.82) is 0 Å². The molecule has 0 atom stereocenters. The highest BCUT2D eigenvalue weighted by atomic mass is 79.9. The number of ether oxygens (including phenoxy) is 3. The minimum atomic E-state index is -0.445. The van der Waals surface area contributed by atoms with E-state index in [1.807, 2.05) is 12.1 Å². The van der Waals surface area contributed by atoms with Gasteiger partial charge in [-0.25, -0.2) is 5.43 Å². The molecule has 0 aliphatic rings. The number of hydrogen-bond donors (Lipinski definition) is 1. The van der Waals surface area contributed by atoms with Gasteiger partial charge in [-0.3, -0.25) is 9.59 Å². The van der Waals surface area contributed by atoms with E-state index >= 15 is 0 Å². The number of esters is 1. The second kappa shape index (κ2) is 10.1. The number of nitrogens with zero attached hydrogens (tertiary/aromatic N) is 1. The monoisotopic (exact) mass is 498 g/mol. The summed E-state index contributed by atoms with van der Waals surface area (Å²) in [6.45, 7) is 1.12. The molecule has 2 aromatic rings. The number of carbonyl (C=O) groups excluding carboxylic acids is 2. The lowest BCUT2D eigenvalue weighted by molar-refractivity contribution is -0.132. The summed E-state index contributed by atoms with van der Waals surface area (Å²) in [5.74, 6) is 0.371. The summed E-state index contributed by atoms with van der Waals surface area (Å²) in [5, 5.41) is 3.87. The van der Waals surface area contributed by atoms with Crippen LogP contribution in [0.25, 0.3) is 0 Å². The van der Waals surface area contributed by atoms with Gasteiger partial charge in [-0.1, -0.05) is 15.9 Å². The Morgan fingerprint density at radius 2 is 1.85 bits per heavy atom. The van der Waals surface area contributed by atoms with E-state index in [4.69, 9.17) is 14.2 Å². The summed E-state index contributed by atoms with van der Waals surface area (Å²) >= 11 is 6.70. The lowest BCUT2D eigenvalue weighted by atomic mass is 10.2. The fraction of sp³-hybridized carbons (Fsp3) is 0.167. The van der Waals surface area contributed by atoms with Crippen LogP contribution in [0.5, 0.6) is 17.2 Å². The number of amides is 1. The maximum Gasteiger partial charge on any atom is 0.308 e. The first-order chi connectivity index (χ1) is 12.9. The maximum atomic E-state index is 11.8. The third-order valence-corrected chi connectivity index (χ3v) is 4.21. The van der Waals surface area contributed by atoms with Gasteiger partial charge in [0.25, 0.3) is 5.91 Å². The number of methoxy groups -OCH3 is 1. The molecule has 2 aromatic carbocycles. The molecular weight excluding hydrogens is 484 g/mol. The van der Waals surface area contributed by atoms with E-state index in [0.29, 0.717) is 22.8 Å². The van der Waals surface area contributed by atoms with Crippen molar-refractivity contribution in [2.45, 2.75) is 6.92 Å². The van der Waals surface area contributed by atoms with Gasteiger partial charge in [-0.2, -0.15) is 5.10 Å². The van der Waals surface area contributed by atoms with Crippen LogP contribution in [0.2, 0.25) is 0 Å². The van der Waals surface area contributed by atoms with Crippen molar-refractivity contribution in [2.75, 3.05) is 13.7 Å². The lowest BCUT2D eigenvalue weighted by Gasteiger charge is -2.08. The van der Waals surface area contributed by atoms with Crippen molar-refractivity contribution in [2.24, 2.45) is 5.10 Å². The number of carbonyl (C=O) groups is 2. The van der Waals surface area contributed by atoms with Crippen LogP contribution in [0.15, 0.2) is 50.4 Å². The molecule has 1 N–H and O–H groups in total. The summed E-state index contributed by atoms with van der Waals surface area (Å²) in [6.07, 6.45) is 1.44. The molecule has 27 heavy (non-hydrogen) atoms. The van der Waals surface area contributed by atoms with Crippen molar-refractivity contribution in [3.8, 4) is 17.2 Å². The van der Waals surface area contributed by atoms with Gasteiger partial charge in [-0.05, 0) is 57.9 Å². The first-order valence-corrected chi connectivity index (χ1v) is 9.24. The SMILES string of the molecule is COc1cc(C=NNC(=O)COc2ccc(Br)cc2Br)ccc1OC(C)=O. The van der Waals surface area contributed by atoms with Crippen LogP contribution >= 0.6 is 31.9 Å². The van der Waals surface area contributed by atoms with Gasteiger partial charge >= 0.3 is 5.97 Å². The Morgan fingerprint density at radius 1 is 1.11 bits per heavy atom. The highest BCUT2D eigenvalue weighted by Gasteiger charge is 2.08. The molecule has 0 fully saturated rings. The Hall–Kier alpha value is -2.39. The fourth-order valence-corrected chi connectivity index (χ4v) is 3.11. The average molecular weight is 500 g/mol. The van der Waals surface area contributed by atoms with Crippen LogP contribution in [0.3, 0.4) is 0 Å². The minimum Gasteiger partial charge on any atom is -0.493 e. The molecule has 9 heteroatoms. The van der Waals surface area contributed by atoms with E-state index in [0.717, 1.165) is 8.95 Å². The highest BCUT2D eigenvalue weighted by Crippen LogP contribution is 2.28. The van der Waals surface area contributed by atoms with Crippen LogP contribution in [0, 0.1) is 0 Å². The predicted molar refractivity (Wildman–Crippen MR) is 107 cm³/mol. The highest BCUT2D eigenvalue weighted by molar-refractivity contribution is 9.11. The molecule has 0 unspecified atom stereocenters. The lowest BCUT2D eigenvalue weighted by Crippen LogP contribution is -2.24. The normalized spacial score (nSPS) is 10.5. The predicted octanol–water partition coefficient (Wildman–Crippen LogP) is 3.67. The van der Waals surface area contributed by atoms with Crippen molar-refractivity contribution in [3.63, 3.8) is 0 Å². The van der Waals surface area contributed by atoms with Gasteiger partial charge in [-0.15, -0.1) is 0 Å². The van der Waals surface area contributed by atoms with Gasteiger partial charge in [0.2, 0.25) is 0 Å². The Balaban J connectivity index is 1.90. The second-order valence-corrected chi connectivity index (χ2v) is 6.93. The number of halogens is 2. The molecule has 0 bridgehead atoms. The largest absolute Gasteiger partial charge is 0.493 e. The average Bonchev–Trinajstić information content (AvgIpc) is 2.61. The van der Waals surface area contributed by atoms with E-state index in [1.54, 1.807) is 24.3 Å². The van der Waals surface area contributed by atoms with Crippen LogP contribution in [-0.2, 0) is 9.59 Å². The molecule has 0 spiro atoms. The van der Waals surface area contributed by atoms with Crippen molar-refractivity contribution in [1.82, 2.24) is 5.43 Å². The molecule has 0 saturated carbocycles. The van der Waals surface area contributed by atoms with Gasteiger partial charge in [0, 0.05) is 11.4 Å². The Kier molecular flexibility index (Phi) is 7.81. The van der Waals surface area contributed by atoms with Crippen molar-refractivity contribution >= 4 is 50.0 Å². The smallest absolute Gasteiger partial charge is 0.308 e. The standard InChI is InChI=1S/C18H16Br2N2O5/c1-11(23)27-16-5-3-12(7-17(16)25-2)9-21-22-18(24)10-26-15-6-4-13(19)8-14(15)20/h3-9H,10H2,1-2H3,(H,22,24). The first kappa shape index (κ1) is 20.9. The fourth-order valence-electron chi connectivity index (χ4n) is 1.95. The molecule has 142 valence electrons.